The van der Waals surface area contributed by atoms with Crippen LogP contribution in [0.25, 0.3) is 0 Å². The first-order valence-corrected chi connectivity index (χ1v) is 15.9. The largest absolute Gasteiger partial charge is 0.509 e. The molecule has 0 amide bonds. The summed E-state index contributed by atoms with van der Waals surface area (Å²) in [5, 5.41) is 20.2. The van der Waals surface area contributed by atoms with Crippen LogP contribution in [0.3, 0.4) is 0 Å². The van der Waals surface area contributed by atoms with Crippen molar-refractivity contribution in [2.24, 2.45) is 11.8 Å². The van der Waals surface area contributed by atoms with Crippen LogP contribution >= 0.6 is 0 Å². The Morgan fingerprint density at radius 2 is 1.00 bits per heavy atom. The van der Waals surface area contributed by atoms with E-state index in [1.165, 1.54) is 13.8 Å². The smallest absolute Gasteiger partial charge is 0.430 e. The molecule has 274 valence electrons. The molecule has 15 nitrogen and oxygen atoms in total. The van der Waals surface area contributed by atoms with E-state index in [0.29, 0.717) is 25.7 Å². The van der Waals surface area contributed by atoms with Gasteiger partial charge in [0, 0.05) is 65.4 Å². The first-order chi connectivity index (χ1) is 22.3. The summed E-state index contributed by atoms with van der Waals surface area (Å²) >= 11 is 0. The molecule has 0 aromatic rings. The van der Waals surface area contributed by atoms with Crippen LogP contribution in [0.4, 0.5) is 19.2 Å². The van der Waals surface area contributed by atoms with Gasteiger partial charge in [0.25, 0.3) is 0 Å². The summed E-state index contributed by atoms with van der Waals surface area (Å²) in [6.07, 6.45) is -3.12. The van der Waals surface area contributed by atoms with Crippen LogP contribution in [0.1, 0.15) is 66.2 Å². The zero-order chi connectivity index (χ0) is 34.9. The molecule has 2 aliphatic carbocycles. The number of ether oxygens (including phenoxy) is 9. The summed E-state index contributed by atoms with van der Waals surface area (Å²) in [6, 6.07) is 0. The summed E-state index contributed by atoms with van der Waals surface area (Å²) in [6.45, 7) is 12.9. The number of hydrogen-bond donors (Lipinski definition) is 2. The third-order valence-corrected chi connectivity index (χ3v) is 7.52. The van der Waals surface area contributed by atoms with Gasteiger partial charge in [-0.05, 0) is 78.1 Å². The Labute approximate surface area is 338 Å². The van der Waals surface area contributed by atoms with Crippen LogP contribution in [0.5, 0.6) is 0 Å². The number of aliphatic hydroxyl groups is 2. The van der Waals surface area contributed by atoms with Crippen LogP contribution in [-0.2, 0) is 108 Å². The van der Waals surface area contributed by atoms with Gasteiger partial charge in [0.05, 0.1) is 25.4 Å². The van der Waals surface area contributed by atoms with E-state index in [0.717, 1.165) is 12.8 Å². The Kier molecular flexibility index (Phi) is 24.9. The van der Waals surface area contributed by atoms with E-state index in [9.17, 15) is 29.4 Å². The number of carbonyl (C=O) groups is 4. The van der Waals surface area contributed by atoms with Crippen molar-refractivity contribution in [2.75, 3.05) is 26.4 Å². The van der Waals surface area contributed by atoms with E-state index in [-0.39, 0.29) is 104 Å². The second-order valence-electron chi connectivity index (χ2n) is 11.9. The molecule has 0 bridgehead atoms. The van der Waals surface area contributed by atoms with Crippen molar-refractivity contribution in [1.29, 1.82) is 0 Å². The van der Waals surface area contributed by atoms with Gasteiger partial charge >= 0.3 is 24.6 Å². The third kappa shape index (κ3) is 19.7. The molecule has 0 aromatic heterocycles. The molecule has 2 radical (unpaired) electrons. The first-order valence-electron chi connectivity index (χ1n) is 15.9. The summed E-state index contributed by atoms with van der Waals surface area (Å²) in [5.74, 6) is 0.310. The second kappa shape index (κ2) is 25.6. The molecule has 2 saturated carbocycles. The van der Waals surface area contributed by atoms with Crippen molar-refractivity contribution in [3.8, 4) is 0 Å². The quantitative estimate of drug-likeness (QED) is 0.124. The number of carbonyl (C=O) groups excluding carboxylic acids is 4. The molecule has 17 heteroatoms. The average molecular weight is 853 g/mol. The fourth-order valence-electron chi connectivity index (χ4n) is 4.92. The van der Waals surface area contributed by atoms with Crippen molar-refractivity contribution in [3.05, 3.63) is 25.3 Å². The average Bonchev–Trinajstić information content (AvgIpc) is 3.01. The predicted octanol–water partition coefficient (Wildman–Crippen LogP) is 4.60. The maximum Gasteiger partial charge on any atom is 0.509 e. The topological polar surface area (TPSA) is 192 Å². The molecule has 2 N–H and O–H groups in total. The van der Waals surface area contributed by atoms with Crippen molar-refractivity contribution in [2.45, 2.75) is 115 Å². The molecule has 10 unspecified atom stereocenters. The van der Waals surface area contributed by atoms with Crippen LogP contribution in [0, 0.1) is 11.8 Å². The minimum absolute atomic E-state index is 0. The van der Waals surface area contributed by atoms with E-state index in [2.05, 4.69) is 13.2 Å². The van der Waals surface area contributed by atoms with E-state index < -0.39 is 73.5 Å². The minimum Gasteiger partial charge on any atom is -0.430 e. The van der Waals surface area contributed by atoms with Crippen molar-refractivity contribution >= 4 is 24.6 Å². The number of aliphatic hydroxyl groups excluding tert-OH is 2. The zero-order valence-corrected chi connectivity index (χ0v) is 34.4. The SMILES string of the molecule is C=CC1CCC(OC(=O)OC(C)COC(=O)OC(C)COCC(C)OC(=O)OCC(C)OC(=O)OC2CC(C=C)CCC2O)C(O)C1.[Y].[Y]. The van der Waals surface area contributed by atoms with Crippen LogP contribution < -0.4 is 0 Å². The molecule has 2 aliphatic rings. The Morgan fingerprint density at radius 1 is 0.592 bits per heavy atom. The molecule has 0 heterocycles. The molecule has 0 aromatic carbocycles. The van der Waals surface area contributed by atoms with Gasteiger partial charge in [-0.1, -0.05) is 12.2 Å². The van der Waals surface area contributed by atoms with Gasteiger partial charge in [-0.25, -0.2) is 19.2 Å². The number of allylic oxidation sites excluding steroid dienone is 2. The molecule has 0 aliphatic heterocycles. The van der Waals surface area contributed by atoms with Gasteiger partial charge in [-0.3, -0.25) is 0 Å². The van der Waals surface area contributed by atoms with E-state index in [1.807, 2.05) is 0 Å². The molecule has 0 spiro atoms. The third-order valence-electron chi connectivity index (χ3n) is 7.52. The maximum absolute atomic E-state index is 12.1. The summed E-state index contributed by atoms with van der Waals surface area (Å²) < 4.78 is 46.1. The van der Waals surface area contributed by atoms with Crippen molar-refractivity contribution < 1.29 is 137 Å². The normalized spacial score (nSPS) is 25.5. The van der Waals surface area contributed by atoms with Gasteiger partial charge in [0.1, 0.15) is 49.8 Å². The fourth-order valence-corrected chi connectivity index (χ4v) is 4.92. The fraction of sp³-hybridized carbons (Fsp3) is 0.750. The Hall–Kier alpha value is -1.35. The Bertz CT molecular complexity index is 1030. The van der Waals surface area contributed by atoms with Crippen LogP contribution in [-0.4, -0.2) is 110 Å². The van der Waals surface area contributed by atoms with E-state index in [4.69, 9.17) is 42.6 Å². The Balaban J connectivity index is 0.0000115. The standard InChI is InChI=1S/C32H50O15.2Y/c1-7-23-10-12-27(26(34)13-23)46-31(37)44-21(5)17-40-29(35)42-19(3)15-39-16-20(4)43-30(36)41-18-22(6)45-32(38)47-28-14-24(8-2)9-11-25(28)33;;/h7-8,19-28,33-34H,1-2,9-18H2,3-6H3;;. The van der Waals surface area contributed by atoms with Gasteiger partial charge in [0.15, 0.2) is 0 Å². The van der Waals surface area contributed by atoms with Crippen molar-refractivity contribution in [1.82, 2.24) is 0 Å². The molecule has 2 rings (SSSR count). The van der Waals surface area contributed by atoms with Gasteiger partial charge in [-0.2, -0.15) is 0 Å². The van der Waals surface area contributed by atoms with Crippen LogP contribution in [0.2, 0.25) is 0 Å². The molecular formula is C32H50O15Y2. The Morgan fingerprint density at radius 3 is 1.47 bits per heavy atom. The predicted molar refractivity (Wildman–Crippen MR) is 163 cm³/mol. The number of hydrogen-bond acceptors (Lipinski definition) is 15. The minimum atomic E-state index is -1.01. The molecule has 10 atom stereocenters. The van der Waals surface area contributed by atoms with E-state index in [1.54, 1.807) is 26.0 Å². The van der Waals surface area contributed by atoms with Crippen molar-refractivity contribution in [3.63, 3.8) is 0 Å². The van der Waals surface area contributed by atoms with Gasteiger partial charge in [-0.15, -0.1) is 13.2 Å². The van der Waals surface area contributed by atoms with Crippen LogP contribution in [0.15, 0.2) is 25.3 Å². The molecule has 0 saturated heterocycles. The molecule has 49 heavy (non-hydrogen) atoms. The first kappa shape index (κ1) is 47.6. The second-order valence-corrected chi connectivity index (χ2v) is 11.9. The summed E-state index contributed by atoms with van der Waals surface area (Å²) in [5.41, 5.74) is 0. The maximum atomic E-state index is 12.1. The number of rotatable bonds is 16. The summed E-state index contributed by atoms with van der Waals surface area (Å²) in [7, 11) is 0. The molecular weight excluding hydrogens is 802 g/mol. The monoisotopic (exact) mass is 852 g/mol. The van der Waals surface area contributed by atoms with Gasteiger partial charge < -0.3 is 52.8 Å². The van der Waals surface area contributed by atoms with Gasteiger partial charge in [0.2, 0.25) is 0 Å². The van der Waals surface area contributed by atoms with E-state index >= 15 is 0 Å². The molecule has 2 fully saturated rings. The zero-order valence-electron chi connectivity index (χ0n) is 28.8. The summed E-state index contributed by atoms with van der Waals surface area (Å²) in [4.78, 5) is 48.1.